The molecule has 0 amide bonds. The van der Waals surface area contributed by atoms with E-state index in [0.717, 1.165) is 5.06 Å². The summed E-state index contributed by atoms with van der Waals surface area (Å²) in [5.74, 6) is 0.0416. The Morgan fingerprint density at radius 1 is 1.64 bits per heavy atom. The number of carbonyl (C=O) groups is 1. The molecule has 0 saturated heterocycles. The van der Waals surface area contributed by atoms with Crippen LogP contribution in [0.5, 0.6) is 0 Å². The van der Waals surface area contributed by atoms with Crippen LogP contribution in [0.25, 0.3) is 0 Å². The Morgan fingerprint density at radius 2 is 2.43 bits per heavy atom. The Morgan fingerprint density at radius 3 is 3.00 bits per heavy atom. The molecule has 1 heterocycles. The van der Waals surface area contributed by atoms with Crippen molar-refractivity contribution in [2.24, 2.45) is 0 Å². The number of ketones is 1. The molecule has 0 atom stereocenters. The fourth-order valence-electron chi connectivity index (χ4n) is 1.13. The Balaban J connectivity index is 2.36. The Bertz CT molecular complexity index is 285. The molecule has 0 fully saturated rings. The first-order valence-electron chi connectivity index (χ1n) is 4.51. The third kappa shape index (κ3) is 3.64. The molecule has 0 aliphatic rings. The monoisotopic (exact) mass is 193 g/mol. The van der Waals surface area contributed by atoms with Gasteiger partial charge in [-0.1, -0.05) is 0 Å². The highest BCUT2D eigenvalue weighted by Crippen LogP contribution is 2.03. The zero-order valence-electron chi connectivity index (χ0n) is 8.14. The minimum atomic E-state index is 0.0416. The second-order valence-corrected chi connectivity index (χ2v) is 3.12. The van der Waals surface area contributed by atoms with Gasteiger partial charge in [-0.2, -0.15) is 0 Å². The van der Waals surface area contributed by atoms with Gasteiger partial charge in [-0.3, -0.25) is 9.78 Å². The number of pyridine rings is 1. The van der Waals surface area contributed by atoms with Gasteiger partial charge in [0, 0.05) is 24.4 Å². The van der Waals surface area contributed by atoms with Crippen LogP contribution >= 0.6 is 0 Å². The molecule has 1 aromatic heterocycles. The molecular weight excluding hydrogens is 180 g/mol. The van der Waals surface area contributed by atoms with E-state index in [2.05, 4.69) is 4.98 Å². The standard InChI is InChI=1S/C10H13N2O2/c1-12(14)7-3-5-10(13)9-4-2-6-11-8-9/h2,4,6,8H,3,5,7H2,1H3/q-1. The molecular formula is C10H13N2O2-. The van der Waals surface area contributed by atoms with Gasteiger partial charge in [0.2, 0.25) is 0 Å². The lowest BCUT2D eigenvalue weighted by Crippen LogP contribution is -2.12. The van der Waals surface area contributed by atoms with Crippen LogP contribution in [-0.4, -0.2) is 29.4 Å². The lowest BCUT2D eigenvalue weighted by atomic mass is 10.1. The minimum absolute atomic E-state index is 0.0416. The van der Waals surface area contributed by atoms with Gasteiger partial charge in [0.05, 0.1) is 0 Å². The molecule has 4 heteroatoms. The van der Waals surface area contributed by atoms with Gasteiger partial charge in [0.25, 0.3) is 0 Å². The molecule has 76 valence electrons. The quantitative estimate of drug-likeness (QED) is 0.525. The van der Waals surface area contributed by atoms with Crippen LogP contribution < -0.4 is 0 Å². The summed E-state index contributed by atoms with van der Waals surface area (Å²) >= 11 is 0. The molecule has 0 saturated carbocycles. The van der Waals surface area contributed by atoms with Crippen LogP contribution in [0.4, 0.5) is 0 Å². The number of carbonyl (C=O) groups excluding carboxylic acids is 1. The zero-order valence-corrected chi connectivity index (χ0v) is 8.14. The van der Waals surface area contributed by atoms with Gasteiger partial charge < -0.3 is 10.3 Å². The predicted octanol–water partition coefficient (Wildman–Crippen LogP) is 1.47. The molecule has 0 radical (unpaired) electrons. The molecule has 14 heavy (non-hydrogen) atoms. The predicted molar refractivity (Wildman–Crippen MR) is 53.8 cm³/mol. The average molecular weight is 193 g/mol. The van der Waals surface area contributed by atoms with Gasteiger partial charge >= 0.3 is 0 Å². The molecule has 0 bridgehead atoms. The number of aromatic nitrogens is 1. The maximum absolute atomic E-state index is 11.5. The van der Waals surface area contributed by atoms with Gasteiger partial charge in [0.15, 0.2) is 5.78 Å². The van der Waals surface area contributed by atoms with Crippen LogP contribution in [0.1, 0.15) is 23.2 Å². The molecule has 0 aliphatic heterocycles. The molecule has 0 N–H and O–H groups in total. The van der Waals surface area contributed by atoms with E-state index in [4.69, 9.17) is 0 Å². The van der Waals surface area contributed by atoms with Crippen LogP contribution in [0.3, 0.4) is 0 Å². The average Bonchev–Trinajstić information content (AvgIpc) is 2.18. The molecule has 0 unspecified atom stereocenters. The third-order valence-electron chi connectivity index (χ3n) is 1.86. The van der Waals surface area contributed by atoms with E-state index >= 15 is 0 Å². The first kappa shape index (κ1) is 10.8. The van der Waals surface area contributed by atoms with E-state index in [1.807, 2.05) is 0 Å². The zero-order chi connectivity index (χ0) is 10.4. The van der Waals surface area contributed by atoms with Crippen molar-refractivity contribution in [3.63, 3.8) is 0 Å². The van der Waals surface area contributed by atoms with E-state index in [1.165, 1.54) is 7.05 Å². The summed E-state index contributed by atoms with van der Waals surface area (Å²) in [6.45, 7) is 0.395. The maximum atomic E-state index is 11.5. The largest absolute Gasteiger partial charge is 0.785 e. The Kier molecular flexibility index (Phi) is 4.22. The number of hydroxylamine groups is 2. The van der Waals surface area contributed by atoms with Crippen molar-refractivity contribution in [3.05, 3.63) is 35.3 Å². The number of hydrogen-bond acceptors (Lipinski definition) is 4. The van der Waals surface area contributed by atoms with Gasteiger partial charge in [-0.05, 0) is 32.1 Å². The van der Waals surface area contributed by atoms with E-state index in [-0.39, 0.29) is 5.78 Å². The summed E-state index contributed by atoms with van der Waals surface area (Å²) in [5.41, 5.74) is 0.612. The van der Waals surface area contributed by atoms with Crippen LogP contribution in [0, 0.1) is 5.21 Å². The molecule has 1 aromatic rings. The Labute approximate surface area is 83.1 Å². The molecule has 4 nitrogen and oxygen atoms in total. The van der Waals surface area contributed by atoms with E-state index in [1.54, 1.807) is 24.5 Å². The molecule has 0 aliphatic carbocycles. The van der Waals surface area contributed by atoms with Crippen molar-refractivity contribution in [2.75, 3.05) is 13.6 Å². The smallest absolute Gasteiger partial charge is 0.164 e. The van der Waals surface area contributed by atoms with Crippen molar-refractivity contribution in [1.29, 1.82) is 0 Å². The summed E-state index contributed by atoms with van der Waals surface area (Å²) in [7, 11) is 1.45. The number of Topliss-reactive ketones (excluding diaryl/α,β-unsaturated/α-hetero) is 1. The number of hydrogen-bond donors (Lipinski definition) is 0. The highest BCUT2D eigenvalue weighted by molar-refractivity contribution is 5.95. The lowest BCUT2D eigenvalue weighted by Gasteiger charge is -2.20. The highest BCUT2D eigenvalue weighted by atomic mass is 16.5. The van der Waals surface area contributed by atoms with Crippen LogP contribution in [0.2, 0.25) is 0 Å². The van der Waals surface area contributed by atoms with Crippen molar-refractivity contribution in [1.82, 2.24) is 10.0 Å². The fourth-order valence-corrected chi connectivity index (χ4v) is 1.13. The lowest BCUT2D eigenvalue weighted by molar-refractivity contribution is 0.0977. The normalized spacial score (nSPS) is 10.5. The third-order valence-corrected chi connectivity index (χ3v) is 1.86. The summed E-state index contributed by atoms with van der Waals surface area (Å²) < 4.78 is 0. The summed E-state index contributed by atoms with van der Waals surface area (Å²) in [6, 6.07) is 3.46. The number of rotatable bonds is 5. The summed E-state index contributed by atoms with van der Waals surface area (Å²) in [6.07, 6.45) is 4.16. The Hall–Kier alpha value is -1.26. The molecule has 0 spiro atoms. The van der Waals surface area contributed by atoms with Gasteiger partial charge in [0.1, 0.15) is 0 Å². The van der Waals surface area contributed by atoms with Crippen LogP contribution in [-0.2, 0) is 0 Å². The number of nitrogens with zero attached hydrogens (tertiary/aromatic N) is 2. The van der Waals surface area contributed by atoms with Crippen molar-refractivity contribution >= 4 is 5.78 Å². The summed E-state index contributed by atoms with van der Waals surface area (Å²) in [5, 5.41) is 11.4. The van der Waals surface area contributed by atoms with Gasteiger partial charge in [-0.25, -0.2) is 0 Å². The van der Waals surface area contributed by atoms with Crippen molar-refractivity contribution in [3.8, 4) is 0 Å². The van der Waals surface area contributed by atoms with Crippen molar-refractivity contribution < 1.29 is 4.79 Å². The topological polar surface area (TPSA) is 56.3 Å². The van der Waals surface area contributed by atoms with E-state index < -0.39 is 0 Å². The second-order valence-electron chi connectivity index (χ2n) is 3.12. The molecule has 0 aromatic carbocycles. The van der Waals surface area contributed by atoms with Crippen LogP contribution in [0.15, 0.2) is 24.5 Å². The summed E-state index contributed by atoms with van der Waals surface area (Å²) in [4.78, 5) is 15.3. The second kappa shape index (κ2) is 5.47. The van der Waals surface area contributed by atoms with E-state index in [0.29, 0.717) is 24.9 Å². The first-order valence-corrected chi connectivity index (χ1v) is 4.51. The highest BCUT2D eigenvalue weighted by Gasteiger charge is 2.04. The molecule has 1 rings (SSSR count). The first-order chi connectivity index (χ1) is 6.70. The maximum Gasteiger partial charge on any atom is 0.164 e. The van der Waals surface area contributed by atoms with Gasteiger partial charge in [-0.15, -0.1) is 0 Å². The van der Waals surface area contributed by atoms with E-state index in [9.17, 15) is 10.0 Å². The minimum Gasteiger partial charge on any atom is -0.785 e. The fraction of sp³-hybridized carbons (Fsp3) is 0.400. The van der Waals surface area contributed by atoms with Crippen molar-refractivity contribution in [2.45, 2.75) is 12.8 Å². The SMILES string of the molecule is CN([O-])CCCC(=O)c1cccnc1.